The molecular formula is C83H49N5S2. The first-order valence-electron chi connectivity index (χ1n) is 30.7. The molecule has 0 spiro atoms. The number of rotatable bonds is 7. The van der Waals surface area contributed by atoms with E-state index in [9.17, 15) is 0 Å². The number of aromatic nitrogens is 5. The minimum Gasteiger partial charge on any atom is -0.309 e. The molecule has 0 aliphatic rings. The summed E-state index contributed by atoms with van der Waals surface area (Å²) in [4.78, 5) is 5.26. The van der Waals surface area contributed by atoms with Crippen LogP contribution in [-0.4, -0.2) is 23.3 Å². The van der Waals surface area contributed by atoms with Crippen LogP contribution in [-0.2, 0) is 0 Å². The van der Waals surface area contributed by atoms with E-state index in [2.05, 4.69) is 309 Å². The van der Waals surface area contributed by atoms with Crippen LogP contribution in [0.5, 0.6) is 0 Å². The fraction of sp³-hybridized carbons (Fsp3) is 0. The molecule has 0 saturated carbocycles. The Morgan fingerprint density at radius 3 is 1.16 bits per heavy atom. The molecule has 0 bridgehead atoms. The first-order valence-corrected chi connectivity index (χ1v) is 32.3. The van der Waals surface area contributed by atoms with Gasteiger partial charge in [0.15, 0.2) is 5.82 Å². The monoisotopic (exact) mass is 1180 g/mol. The minimum absolute atomic E-state index is 0.950. The standard InChI is InChI=1S/C83H49N5S2/c1-3-17-55(18-4-1)85-69-26-12-7-21-58(69)64-45-50(31-37-72(64)85)52-33-39-74-66(47-52)60-23-9-14-28-71(60)87(74)77-42-36-57(80-63-25-11-16-30-79(63)90-82(77)80)54-35-41-76-68(49-54)67-48-53(34-40-75(67)88(76)83-81-62(43-44-84-83)61-24-10-15-29-78(61)89-81)51-32-38-73-65(46-51)59-22-8-13-27-70(59)86(73)56-19-5-2-6-20-56/h1-49H. The lowest BCUT2D eigenvalue weighted by Crippen LogP contribution is -1.97. The molecule has 0 N–H and O–H groups in total. The van der Waals surface area contributed by atoms with Crippen LogP contribution < -0.4 is 0 Å². The SMILES string of the molecule is c1ccc(-n2c3ccccc3c3cc(-c4ccc5c(c4)c4cc(-c6ccc(-n7c8ccccc8c8cc(-c9ccc%10c(c9)c9ccccc9n%10-c9ccccc9)ccc87)c7sc8ccccc8c67)ccc4n5-c4nccc5c4sc4ccccc45)ccc32)cc1. The summed E-state index contributed by atoms with van der Waals surface area (Å²) in [6.45, 7) is 0. The van der Waals surface area contributed by atoms with Crippen molar-refractivity contribution < 1.29 is 0 Å². The van der Waals surface area contributed by atoms with Gasteiger partial charge in [0, 0.05) is 91.6 Å². The summed E-state index contributed by atoms with van der Waals surface area (Å²) < 4.78 is 14.7. The molecular weight excluding hydrogens is 1130 g/mol. The van der Waals surface area contributed by atoms with E-state index in [1.54, 1.807) is 0 Å². The van der Waals surface area contributed by atoms with Gasteiger partial charge in [0.05, 0.1) is 59.2 Å². The number of benzene rings is 13. The Morgan fingerprint density at radius 2 is 0.622 bits per heavy atom. The van der Waals surface area contributed by atoms with Gasteiger partial charge in [-0.05, 0) is 161 Å². The minimum atomic E-state index is 0.950. The predicted octanol–water partition coefficient (Wildman–Crippen LogP) is 23.2. The second-order valence-corrected chi connectivity index (χ2v) is 25.9. The van der Waals surface area contributed by atoms with Gasteiger partial charge in [-0.25, -0.2) is 4.98 Å². The normalized spacial score (nSPS) is 12.2. The summed E-state index contributed by atoms with van der Waals surface area (Å²) in [5.41, 5.74) is 20.0. The molecule has 0 fully saturated rings. The van der Waals surface area contributed by atoms with Crippen molar-refractivity contribution in [2.24, 2.45) is 0 Å². The van der Waals surface area contributed by atoms with Gasteiger partial charge in [-0.15, -0.1) is 22.7 Å². The lowest BCUT2D eigenvalue weighted by atomic mass is 9.96. The third-order valence-corrected chi connectivity index (χ3v) is 21.4. The van der Waals surface area contributed by atoms with Crippen molar-refractivity contribution in [3.05, 3.63) is 297 Å². The molecule has 13 aromatic carbocycles. The molecule has 90 heavy (non-hydrogen) atoms. The first kappa shape index (κ1) is 49.7. The van der Waals surface area contributed by atoms with E-state index in [1.165, 1.54) is 156 Å². The fourth-order valence-corrected chi connectivity index (χ4v) is 17.5. The molecule has 0 aliphatic carbocycles. The third-order valence-electron chi connectivity index (χ3n) is 19.0. The average Bonchev–Trinajstić information content (AvgIpc) is 1.72. The highest BCUT2D eigenvalue weighted by molar-refractivity contribution is 7.26. The largest absolute Gasteiger partial charge is 0.309 e. The van der Waals surface area contributed by atoms with Gasteiger partial charge in [0.2, 0.25) is 0 Å². The Morgan fingerprint density at radius 1 is 0.244 bits per heavy atom. The van der Waals surface area contributed by atoms with E-state index in [0.29, 0.717) is 0 Å². The smallest absolute Gasteiger partial charge is 0.155 e. The van der Waals surface area contributed by atoms with Gasteiger partial charge < -0.3 is 13.7 Å². The molecule has 0 amide bonds. The Balaban J connectivity index is 0.773. The summed E-state index contributed by atoms with van der Waals surface area (Å²) in [5, 5.41) is 14.8. The van der Waals surface area contributed by atoms with Crippen LogP contribution in [0, 0.1) is 0 Å². The van der Waals surface area contributed by atoms with Crippen molar-refractivity contribution in [2.75, 3.05) is 0 Å². The van der Waals surface area contributed by atoms with E-state index in [1.807, 2.05) is 28.9 Å². The fourth-order valence-electron chi connectivity index (χ4n) is 15.1. The summed E-state index contributed by atoms with van der Waals surface area (Å²) in [6, 6.07) is 108. The van der Waals surface area contributed by atoms with Gasteiger partial charge in [-0.2, -0.15) is 0 Å². The molecule has 418 valence electrons. The molecule has 20 aromatic rings. The zero-order chi connectivity index (χ0) is 58.7. The maximum atomic E-state index is 5.26. The van der Waals surface area contributed by atoms with Crippen LogP contribution in [0.3, 0.4) is 0 Å². The molecule has 7 heterocycles. The molecule has 0 saturated heterocycles. The van der Waals surface area contributed by atoms with E-state index < -0.39 is 0 Å². The molecule has 0 atom stereocenters. The van der Waals surface area contributed by atoms with Crippen molar-refractivity contribution >= 4 is 150 Å². The lowest BCUT2D eigenvalue weighted by Gasteiger charge is -2.13. The van der Waals surface area contributed by atoms with Crippen LogP contribution in [0.25, 0.3) is 184 Å². The van der Waals surface area contributed by atoms with E-state index >= 15 is 0 Å². The molecule has 20 rings (SSSR count). The number of hydrogen-bond donors (Lipinski definition) is 0. The Bertz CT molecular complexity index is 6410. The molecule has 0 aliphatic heterocycles. The van der Waals surface area contributed by atoms with Gasteiger partial charge in [-0.3, -0.25) is 4.57 Å². The number of nitrogens with zero attached hydrogens (tertiary/aromatic N) is 5. The molecule has 5 nitrogen and oxygen atoms in total. The van der Waals surface area contributed by atoms with Crippen molar-refractivity contribution in [3.63, 3.8) is 0 Å². The zero-order valence-electron chi connectivity index (χ0n) is 48.3. The van der Waals surface area contributed by atoms with E-state index in [-0.39, 0.29) is 0 Å². The van der Waals surface area contributed by atoms with Crippen molar-refractivity contribution in [2.45, 2.75) is 0 Å². The molecule has 0 radical (unpaired) electrons. The van der Waals surface area contributed by atoms with E-state index in [0.717, 1.165) is 28.2 Å². The van der Waals surface area contributed by atoms with Gasteiger partial charge in [0.25, 0.3) is 0 Å². The number of pyridine rings is 1. The van der Waals surface area contributed by atoms with Gasteiger partial charge in [0.1, 0.15) is 0 Å². The topological polar surface area (TPSA) is 32.6 Å². The molecule has 0 unspecified atom stereocenters. The predicted molar refractivity (Wildman–Crippen MR) is 384 cm³/mol. The van der Waals surface area contributed by atoms with Gasteiger partial charge >= 0.3 is 0 Å². The molecule has 7 aromatic heterocycles. The van der Waals surface area contributed by atoms with Gasteiger partial charge in [-0.1, -0.05) is 164 Å². The van der Waals surface area contributed by atoms with Crippen molar-refractivity contribution in [1.82, 2.24) is 23.3 Å². The van der Waals surface area contributed by atoms with Crippen LogP contribution >= 0.6 is 22.7 Å². The summed E-state index contributed by atoms with van der Waals surface area (Å²) in [7, 11) is 0. The lowest BCUT2D eigenvalue weighted by molar-refractivity contribution is 1.11. The third kappa shape index (κ3) is 7.15. The maximum absolute atomic E-state index is 5.26. The Hall–Kier alpha value is -11.4. The van der Waals surface area contributed by atoms with Crippen LogP contribution in [0.2, 0.25) is 0 Å². The summed E-state index contributed by atoms with van der Waals surface area (Å²) >= 11 is 3.71. The second-order valence-electron chi connectivity index (χ2n) is 23.8. The van der Waals surface area contributed by atoms with Crippen molar-refractivity contribution in [3.8, 4) is 56.3 Å². The quantitative estimate of drug-likeness (QED) is 0.157. The first-order chi connectivity index (χ1) is 44.6. The summed E-state index contributed by atoms with van der Waals surface area (Å²) in [5.74, 6) is 0.950. The van der Waals surface area contributed by atoms with Crippen LogP contribution in [0.1, 0.15) is 0 Å². The highest BCUT2D eigenvalue weighted by Gasteiger charge is 2.24. The van der Waals surface area contributed by atoms with Crippen LogP contribution in [0.15, 0.2) is 297 Å². The molecule has 7 heteroatoms. The summed E-state index contributed by atoms with van der Waals surface area (Å²) in [6.07, 6.45) is 1.99. The number of para-hydroxylation sites is 5. The Kier molecular flexibility index (Phi) is 10.5. The second kappa shape index (κ2) is 19.1. The number of thiophene rings is 2. The maximum Gasteiger partial charge on any atom is 0.155 e. The van der Waals surface area contributed by atoms with E-state index in [4.69, 9.17) is 4.98 Å². The number of hydrogen-bond acceptors (Lipinski definition) is 3. The average molecular weight is 1180 g/mol. The van der Waals surface area contributed by atoms with Crippen molar-refractivity contribution in [1.29, 1.82) is 0 Å². The highest BCUT2D eigenvalue weighted by Crippen LogP contribution is 2.48. The Labute approximate surface area is 523 Å². The van der Waals surface area contributed by atoms with Crippen LogP contribution in [0.4, 0.5) is 0 Å². The highest BCUT2D eigenvalue weighted by atomic mass is 32.1. The number of fused-ring (bicyclic) bond motifs is 18. The zero-order valence-corrected chi connectivity index (χ0v) is 50.0.